The van der Waals surface area contributed by atoms with Gasteiger partial charge in [-0.1, -0.05) is 5.21 Å². The van der Waals surface area contributed by atoms with Crippen LogP contribution in [0.15, 0.2) is 29.3 Å². The highest BCUT2D eigenvalue weighted by atomic mass is 32.2. The average molecular weight is 317 g/mol. The second kappa shape index (κ2) is 5.56. The lowest BCUT2D eigenvalue weighted by Gasteiger charge is -2.04. The largest absolute Gasteiger partial charge is 0.476 e. The first-order valence-electron chi connectivity index (χ1n) is 5.61. The summed E-state index contributed by atoms with van der Waals surface area (Å²) >= 11 is 0. The van der Waals surface area contributed by atoms with E-state index in [9.17, 15) is 22.0 Å². The van der Waals surface area contributed by atoms with Crippen LogP contribution in [0.4, 0.5) is 8.78 Å². The van der Waals surface area contributed by atoms with Crippen LogP contribution < -0.4 is 0 Å². The van der Waals surface area contributed by atoms with Crippen molar-refractivity contribution < 1.29 is 27.1 Å². The van der Waals surface area contributed by atoms with E-state index in [1.165, 1.54) is 0 Å². The monoisotopic (exact) mass is 317 g/mol. The molecule has 112 valence electrons. The summed E-state index contributed by atoms with van der Waals surface area (Å²) in [5.41, 5.74) is -0.319. The number of aromatic carboxylic acids is 1. The summed E-state index contributed by atoms with van der Waals surface area (Å²) in [6, 6.07) is 2.27. The van der Waals surface area contributed by atoms with Gasteiger partial charge in [-0.25, -0.2) is 22.0 Å². The van der Waals surface area contributed by atoms with Gasteiger partial charge in [-0.05, 0) is 18.2 Å². The number of aromatic nitrogens is 3. The predicted octanol–water partition coefficient (Wildman–Crippen LogP) is 0.728. The van der Waals surface area contributed by atoms with Crippen molar-refractivity contribution in [3.63, 3.8) is 0 Å². The molecule has 1 aromatic heterocycles. The highest BCUT2D eigenvalue weighted by Gasteiger charge is 2.18. The maximum Gasteiger partial charge on any atom is 0.358 e. The molecule has 0 atom stereocenters. The lowest BCUT2D eigenvalue weighted by molar-refractivity contribution is 0.0690. The van der Waals surface area contributed by atoms with Crippen molar-refractivity contribution in [2.75, 3.05) is 5.75 Å². The highest BCUT2D eigenvalue weighted by Crippen LogP contribution is 2.15. The van der Waals surface area contributed by atoms with Crippen molar-refractivity contribution >= 4 is 15.8 Å². The van der Waals surface area contributed by atoms with Gasteiger partial charge in [0, 0.05) is 0 Å². The van der Waals surface area contributed by atoms with Gasteiger partial charge < -0.3 is 5.11 Å². The Morgan fingerprint density at radius 3 is 2.57 bits per heavy atom. The van der Waals surface area contributed by atoms with Crippen molar-refractivity contribution in [1.29, 1.82) is 0 Å². The van der Waals surface area contributed by atoms with Gasteiger partial charge in [-0.2, -0.15) is 0 Å². The van der Waals surface area contributed by atoms with Crippen LogP contribution in [0.5, 0.6) is 0 Å². The number of hydrogen-bond acceptors (Lipinski definition) is 5. The van der Waals surface area contributed by atoms with Crippen LogP contribution in [0.25, 0.3) is 0 Å². The molecule has 7 nitrogen and oxygen atoms in total. The van der Waals surface area contributed by atoms with Gasteiger partial charge in [0.15, 0.2) is 27.2 Å². The molecule has 0 amide bonds. The third-order valence-corrected chi connectivity index (χ3v) is 4.29. The minimum atomic E-state index is -3.85. The molecular weight excluding hydrogens is 308 g/mol. The van der Waals surface area contributed by atoms with E-state index in [0.29, 0.717) is 6.07 Å². The van der Waals surface area contributed by atoms with E-state index < -0.39 is 33.2 Å². The third-order valence-electron chi connectivity index (χ3n) is 2.60. The fraction of sp³-hybridized carbons (Fsp3) is 0.182. The topological polar surface area (TPSA) is 102 Å². The van der Waals surface area contributed by atoms with Crippen molar-refractivity contribution in [3.05, 3.63) is 41.7 Å². The number of benzene rings is 1. The molecule has 2 aromatic rings. The minimum absolute atomic E-state index is 0.165. The van der Waals surface area contributed by atoms with E-state index in [0.717, 1.165) is 23.0 Å². The van der Waals surface area contributed by atoms with E-state index in [1.807, 2.05) is 0 Å². The molecule has 0 radical (unpaired) electrons. The fourth-order valence-electron chi connectivity index (χ4n) is 1.51. The van der Waals surface area contributed by atoms with E-state index in [-0.39, 0.29) is 17.1 Å². The van der Waals surface area contributed by atoms with Crippen LogP contribution in [0.2, 0.25) is 0 Å². The smallest absolute Gasteiger partial charge is 0.358 e. The normalized spacial score (nSPS) is 11.5. The Balaban J connectivity index is 2.13. The molecule has 0 saturated carbocycles. The Bertz CT molecular complexity index is 789. The Kier molecular flexibility index (Phi) is 3.98. The molecule has 1 N–H and O–H groups in total. The second-order valence-electron chi connectivity index (χ2n) is 4.07. The summed E-state index contributed by atoms with van der Waals surface area (Å²) in [6.45, 7) is -0.165. The molecule has 2 rings (SSSR count). The zero-order valence-electron chi connectivity index (χ0n) is 10.4. The Hall–Kier alpha value is -2.36. The second-order valence-corrected chi connectivity index (χ2v) is 6.18. The van der Waals surface area contributed by atoms with Crippen LogP contribution in [-0.2, 0) is 16.4 Å². The molecule has 0 aliphatic carbocycles. The van der Waals surface area contributed by atoms with Crippen LogP contribution in [0.1, 0.15) is 10.5 Å². The maximum absolute atomic E-state index is 13.0. The fourth-order valence-corrected chi connectivity index (χ4v) is 2.73. The van der Waals surface area contributed by atoms with Gasteiger partial charge >= 0.3 is 5.97 Å². The number of rotatable bonds is 5. The molecule has 0 aliphatic rings. The summed E-state index contributed by atoms with van der Waals surface area (Å²) in [5, 5.41) is 15.4. The molecule has 21 heavy (non-hydrogen) atoms. The van der Waals surface area contributed by atoms with Crippen molar-refractivity contribution in [2.45, 2.75) is 11.4 Å². The highest BCUT2D eigenvalue weighted by molar-refractivity contribution is 7.91. The summed E-state index contributed by atoms with van der Waals surface area (Å²) in [7, 11) is -3.85. The lowest BCUT2D eigenvalue weighted by atomic mass is 10.3. The molecule has 0 bridgehead atoms. The quantitative estimate of drug-likeness (QED) is 0.816. The summed E-state index contributed by atoms with van der Waals surface area (Å²) in [4.78, 5) is 10.2. The first kappa shape index (κ1) is 15.0. The number of halogens is 2. The first-order chi connectivity index (χ1) is 9.79. The van der Waals surface area contributed by atoms with E-state index in [4.69, 9.17) is 5.11 Å². The maximum atomic E-state index is 13.0. The summed E-state index contributed by atoms with van der Waals surface area (Å²) in [5.74, 6) is -4.15. The predicted molar refractivity (Wildman–Crippen MR) is 65.4 cm³/mol. The van der Waals surface area contributed by atoms with E-state index in [2.05, 4.69) is 10.3 Å². The van der Waals surface area contributed by atoms with Crippen molar-refractivity contribution in [2.24, 2.45) is 0 Å². The summed E-state index contributed by atoms with van der Waals surface area (Å²) in [6.07, 6.45) is 1.07. The number of hydrogen-bond donors (Lipinski definition) is 1. The molecule has 0 aliphatic heterocycles. The molecule has 10 heteroatoms. The van der Waals surface area contributed by atoms with Gasteiger partial charge in [0.1, 0.15) is 0 Å². The zero-order chi connectivity index (χ0) is 15.6. The standard InChI is InChI=1S/C11H9F2N3O4S/c12-8-2-1-7(5-9(8)13)21(19,20)4-3-16-6-10(11(17)18)14-15-16/h1-2,5-6H,3-4H2,(H,17,18). The molecule has 0 spiro atoms. The van der Waals surface area contributed by atoms with Gasteiger partial charge in [0.25, 0.3) is 0 Å². The van der Waals surface area contributed by atoms with E-state index in [1.54, 1.807) is 0 Å². The molecule has 0 saturated heterocycles. The minimum Gasteiger partial charge on any atom is -0.476 e. The SMILES string of the molecule is O=C(O)c1cn(CCS(=O)(=O)c2ccc(F)c(F)c2)nn1. The number of aryl methyl sites for hydroxylation is 1. The third kappa shape index (κ3) is 3.40. The zero-order valence-corrected chi connectivity index (χ0v) is 11.2. The van der Waals surface area contributed by atoms with Gasteiger partial charge in [-0.3, -0.25) is 4.68 Å². The van der Waals surface area contributed by atoms with Crippen LogP contribution in [0.3, 0.4) is 0 Å². The van der Waals surface area contributed by atoms with Gasteiger partial charge in [0.2, 0.25) is 0 Å². The molecule has 1 heterocycles. The average Bonchev–Trinajstić information content (AvgIpc) is 2.89. The molecule has 0 fully saturated rings. The molecule has 1 aromatic carbocycles. The number of nitrogens with zero attached hydrogens (tertiary/aromatic N) is 3. The van der Waals surface area contributed by atoms with Crippen LogP contribution in [-0.4, -0.2) is 40.2 Å². The number of carboxylic acids is 1. The molecule has 0 unspecified atom stereocenters. The Labute approximate surface area is 117 Å². The number of carboxylic acid groups (broad SMARTS) is 1. The van der Waals surface area contributed by atoms with Crippen molar-refractivity contribution in [3.8, 4) is 0 Å². The number of sulfone groups is 1. The Morgan fingerprint density at radius 1 is 1.29 bits per heavy atom. The van der Waals surface area contributed by atoms with Crippen molar-refractivity contribution in [1.82, 2.24) is 15.0 Å². The first-order valence-corrected chi connectivity index (χ1v) is 7.26. The van der Waals surface area contributed by atoms with Gasteiger partial charge in [0.05, 0.1) is 23.4 Å². The summed E-state index contributed by atoms with van der Waals surface area (Å²) < 4.78 is 50.7. The Morgan fingerprint density at radius 2 is 2.00 bits per heavy atom. The number of carbonyl (C=O) groups is 1. The molecular formula is C11H9F2N3O4S. The van der Waals surface area contributed by atoms with Crippen LogP contribution in [0, 0.1) is 11.6 Å². The van der Waals surface area contributed by atoms with Crippen LogP contribution >= 0.6 is 0 Å². The van der Waals surface area contributed by atoms with E-state index >= 15 is 0 Å². The van der Waals surface area contributed by atoms with Gasteiger partial charge in [-0.15, -0.1) is 5.10 Å². The lowest BCUT2D eigenvalue weighted by Crippen LogP contribution is -2.14.